The molecule has 4 fully saturated rings. The lowest BCUT2D eigenvalue weighted by Crippen LogP contribution is -2.44. The number of hydrogen-bond donors (Lipinski definition) is 0. The second kappa shape index (κ2) is 13.5. The maximum atomic E-state index is 16.9. The highest BCUT2D eigenvalue weighted by molar-refractivity contribution is 6.36. The Morgan fingerprint density at radius 3 is 2.80 bits per heavy atom. The summed E-state index contributed by atoms with van der Waals surface area (Å²) in [5.41, 5.74) is -0.0469. The number of rotatable bonds is 9. The van der Waals surface area contributed by atoms with Gasteiger partial charge in [-0.25, -0.2) is 8.78 Å². The molecule has 12 nitrogen and oxygen atoms in total. The van der Waals surface area contributed by atoms with Crippen molar-refractivity contribution in [3.05, 3.63) is 71.2 Å². The van der Waals surface area contributed by atoms with Gasteiger partial charge in [-0.2, -0.15) is 15.0 Å². The van der Waals surface area contributed by atoms with Crippen molar-refractivity contribution in [2.45, 2.75) is 55.8 Å². The van der Waals surface area contributed by atoms with Gasteiger partial charge >= 0.3 is 6.01 Å². The molecule has 5 aromatic rings. The summed E-state index contributed by atoms with van der Waals surface area (Å²) < 4.78 is 48.4. The highest BCUT2D eigenvalue weighted by Gasteiger charge is 2.49. The summed E-state index contributed by atoms with van der Waals surface area (Å²) in [6.07, 6.45) is 6.38. The second-order valence-electron chi connectivity index (χ2n) is 15.2. The number of fused-ring (bicyclic) bond motifs is 3. The molecule has 4 aliphatic heterocycles. The molecule has 2 aromatic carbocycles. The number of carbonyl (C=O) groups is 1. The fraction of sp³-hybridized carbons (Fsp3) is 0.436. The molecule has 0 aliphatic carbocycles. The van der Waals surface area contributed by atoms with Gasteiger partial charge in [0.25, 0.3) is 5.89 Å². The highest BCUT2D eigenvalue weighted by Crippen LogP contribution is 2.41. The molecule has 0 N–H and O–H groups in total. The van der Waals surface area contributed by atoms with E-state index in [0.29, 0.717) is 78.7 Å². The van der Waals surface area contributed by atoms with E-state index in [0.717, 1.165) is 24.8 Å². The SMILES string of the molecule is CN(c1nc(OC[C@@]23CCCN2C[C@H](F)C3)nc2c(F)c(-c3cccc4cccc(Cl)c34)ncc12)[C@@H]1CCN(C(=O)/C=C/c2nc(C3(C)COC3)no2)C1. The number of nitrogens with zero attached hydrogens (tertiary/aromatic N) is 8. The number of amides is 1. The predicted molar refractivity (Wildman–Crippen MR) is 199 cm³/mol. The molecule has 1 amide bonds. The lowest BCUT2D eigenvalue weighted by Gasteiger charge is -2.34. The van der Waals surface area contributed by atoms with E-state index < -0.39 is 17.5 Å². The molecular weight excluding hydrogens is 718 g/mol. The molecule has 0 spiro atoms. The summed E-state index contributed by atoms with van der Waals surface area (Å²) >= 11 is 6.63. The minimum Gasteiger partial charge on any atom is -0.461 e. The van der Waals surface area contributed by atoms with Crippen LogP contribution in [0, 0.1) is 5.82 Å². The van der Waals surface area contributed by atoms with Crippen molar-refractivity contribution in [2.24, 2.45) is 0 Å². The van der Waals surface area contributed by atoms with Crippen LogP contribution in [-0.2, 0) is 14.9 Å². The first-order chi connectivity index (χ1) is 26.1. The van der Waals surface area contributed by atoms with Crippen LogP contribution in [0.3, 0.4) is 0 Å². The number of ether oxygens (including phenoxy) is 2. The zero-order valence-electron chi connectivity index (χ0n) is 30.0. The Kier molecular flexibility index (Phi) is 8.74. The Hall–Kier alpha value is -4.79. The van der Waals surface area contributed by atoms with Gasteiger partial charge in [-0.15, -0.1) is 0 Å². The van der Waals surface area contributed by atoms with Crippen LogP contribution in [0.1, 0.15) is 44.3 Å². The number of benzene rings is 2. The fourth-order valence-corrected chi connectivity index (χ4v) is 8.73. The van der Waals surface area contributed by atoms with Gasteiger partial charge in [-0.05, 0) is 44.2 Å². The van der Waals surface area contributed by atoms with E-state index in [1.54, 1.807) is 23.2 Å². The summed E-state index contributed by atoms with van der Waals surface area (Å²) in [6.45, 7) is 5.31. The third kappa shape index (κ3) is 6.04. The average molecular weight is 757 g/mol. The lowest BCUT2D eigenvalue weighted by molar-refractivity contribution is -0.124. The van der Waals surface area contributed by atoms with Crippen molar-refractivity contribution in [2.75, 3.05) is 57.9 Å². The van der Waals surface area contributed by atoms with Crippen molar-refractivity contribution in [3.63, 3.8) is 0 Å². The molecule has 0 unspecified atom stereocenters. The summed E-state index contributed by atoms with van der Waals surface area (Å²) in [5.74, 6) is 0.386. The van der Waals surface area contributed by atoms with Gasteiger partial charge in [-0.1, -0.05) is 47.1 Å². The number of hydrogen-bond acceptors (Lipinski definition) is 11. The van der Waals surface area contributed by atoms with Gasteiger partial charge < -0.3 is 23.8 Å². The molecule has 54 heavy (non-hydrogen) atoms. The van der Waals surface area contributed by atoms with Crippen molar-refractivity contribution < 1.29 is 27.6 Å². The van der Waals surface area contributed by atoms with Gasteiger partial charge in [0.05, 0.1) is 29.6 Å². The van der Waals surface area contributed by atoms with Crippen LogP contribution in [0.4, 0.5) is 14.6 Å². The molecule has 3 aromatic heterocycles. The molecule has 4 saturated heterocycles. The first-order valence-electron chi connectivity index (χ1n) is 18.3. The Morgan fingerprint density at radius 1 is 1.15 bits per heavy atom. The number of aromatic nitrogens is 5. The number of carbonyl (C=O) groups excluding carboxylic acids is 1. The number of likely N-dealkylation sites (tertiary alicyclic amines) is 1. The van der Waals surface area contributed by atoms with E-state index in [-0.39, 0.29) is 47.1 Å². The van der Waals surface area contributed by atoms with E-state index in [1.807, 2.05) is 43.1 Å². The van der Waals surface area contributed by atoms with E-state index in [9.17, 15) is 9.18 Å². The van der Waals surface area contributed by atoms with Crippen LogP contribution in [-0.4, -0.2) is 112 Å². The highest BCUT2D eigenvalue weighted by atomic mass is 35.5. The number of pyridine rings is 1. The Labute approximate surface area is 315 Å². The molecule has 0 saturated carbocycles. The van der Waals surface area contributed by atoms with Crippen LogP contribution in [0.15, 0.2) is 53.2 Å². The van der Waals surface area contributed by atoms with E-state index in [2.05, 4.69) is 25.0 Å². The Morgan fingerprint density at radius 2 is 1.98 bits per heavy atom. The van der Waals surface area contributed by atoms with Gasteiger partial charge in [0, 0.05) is 73.5 Å². The van der Waals surface area contributed by atoms with Crippen molar-refractivity contribution in [3.8, 4) is 17.3 Å². The van der Waals surface area contributed by atoms with Gasteiger partial charge in [0.15, 0.2) is 11.6 Å². The predicted octanol–water partition coefficient (Wildman–Crippen LogP) is 6.01. The first kappa shape index (κ1) is 34.9. The minimum absolute atomic E-state index is 0.00463. The first-order valence-corrected chi connectivity index (χ1v) is 18.7. The third-order valence-corrected chi connectivity index (χ3v) is 11.8. The quantitative estimate of drug-likeness (QED) is 0.164. The zero-order valence-corrected chi connectivity index (χ0v) is 30.7. The molecule has 7 heterocycles. The molecule has 3 atom stereocenters. The van der Waals surface area contributed by atoms with Crippen LogP contribution >= 0.6 is 11.6 Å². The van der Waals surface area contributed by atoms with Gasteiger partial charge in [0.1, 0.15) is 29.8 Å². The van der Waals surface area contributed by atoms with Gasteiger partial charge in [-0.3, -0.25) is 14.7 Å². The lowest BCUT2D eigenvalue weighted by atomic mass is 9.88. The van der Waals surface area contributed by atoms with E-state index >= 15 is 4.39 Å². The van der Waals surface area contributed by atoms with Crippen molar-refractivity contribution in [1.82, 2.24) is 34.9 Å². The molecule has 9 rings (SSSR count). The number of halogens is 3. The number of alkyl halides is 1. The van der Waals surface area contributed by atoms with Crippen LogP contribution in [0.5, 0.6) is 6.01 Å². The van der Waals surface area contributed by atoms with Crippen LogP contribution < -0.4 is 9.64 Å². The second-order valence-corrected chi connectivity index (χ2v) is 15.6. The topological polar surface area (TPSA) is 123 Å². The summed E-state index contributed by atoms with van der Waals surface area (Å²) in [7, 11) is 1.86. The Balaban J connectivity index is 1.02. The molecule has 4 aliphatic rings. The maximum Gasteiger partial charge on any atom is 0.319 e. The van der Waals surface area contributed by atoms with Crippen molar-refractivity contribution in [1.29, 1.82) is 0 Å². The Bertz CT molecular complexity index is 2300. The minimum atomic E-state index is -0.926. The summed E-state index contributed by atoms with van der Waals surface area (Å²) in [4.78, 5) is 37.6. The van der Waals surface area contributed by atoms with E-state index in [4.69, 9.17) is 30.6 Å². The summed E-state index contributed by atoms with van der Waals surface area (Å²) in [5, 5.41) is 6.47. The summed E-state index contributed by atoms with van der Waals surface area (Å²) in [6, 6.07) is 10.9. The molecule has 15 heteroatoms. The molecule has 0 radical (unpaired) electrons. The van der Waals surface area contributed by atoms with Gasteiger partial charge in [0.2, 0.25) is 5.91 Å². The van der Waals surface area contributed by atoms with E-state index in [1.165, 1.54) is 12.2 Å². The number of likely N-dealkylation sites (N-methyl/N-ethyl adjacent to an activating group) is 1. The molecule has 280 valence electrons. The zero-order chi connectivity index (χ0) is 37.2. The fourth-order valence-electron chi connectivity index (χ4n) is 8.45. The smallest absolute Gasteiger partial charge is 0.319 e. The largest absolute Gasteiger partial charge is 0.461 e. The number of anilines is 1. The average Bonchev–Trinajstić information content (AvgIpc) is 3.97. The molecular formula is C39H39ClF2N8O4. The molecule has 0 bridgehead atoms. The third-order valence-electron chi connectivity index (χ3n) is 11.5. The van der Waals surface area contributed by atoms with Crippen LogP contribution in [0.25, 0.3) is 39.0 Å². The van der Waals surface area contributed by atoms with Crippen LogP contribution in [0.2, 0.25) is 5.02 Å². The van der Waals surface area contributed by atoms with Crippen molar-refractivity contribution >= 4 is 51.1 Å². The monoisotopic (exact) mass is 756 g/mol. The normalized spacial score (nSPS) is 23.8. The maximum absolute atomic E-state index is 16.9. The standard InChI is InChI=1S/C39H39ClF2N8O4/c1-38(20-52-21-38)36-44-29(54-47-36)10-11-30(51)49-15-12-25(19-49)48(2)35-27-17-43-33(26-8-3-6-23-7-4-9-28(40)31(23)26)32(42)34(27)45-37(46-35)53-22-39-13-5-14-50(39)18-24(41)16-39/h3-4,6-11,17,24-25H,5,12-16,18-22H2,1-2H3/b11-10+/t24-,25-,39+/m1/s1.